The Bertz CT molecular complexity index is 333. The molecule has 1 heterocycles. The molecule has 0 aromatic rings. The van der Waals surface area contributed by atoms with Gasteiger partial charge in [-0.2, -0.15) is 0 Å². The number of allylic oxidation sites excluding steroid dienone is 2. The molecule has 3 heteroatoms. The SMILES string of the molecule is C=CCC1C(=O)NC(=O)C1C=CCCCCCC. The maximum absolute atomic E-state index is 11.6. The van der Waals surface area contributed by atoms with Gasteiger partial charge in [0.05, 0.1) is 11.8 Å². The van der Waals surface area contributed by atoms with Crippen molar-refractivity contribution in [2.24, 2.45) is 11.8 Å². The molecule has 3 nitrogen and oxygen atoms in total. The van der Waals surface area contributed by atoms with Gasteiger partial charge in [-0.25, -0.2) is 0 Å². The summed E-state index contributed by atoms with van der Waals surface area (Å²) in [6.45, 7) is 5.82. The molecule has 1 fully saturated rings. The van der Waals surface area contributed by atoms with Gasteiger partial charge in [0.25, 0.3) is 0 Å². The van der Waals surface area contributed by atoms with Crippen LogP contribution in [0.2, 0.25) is 0 Å². The smallest absolute Gasteiger partial charge is 0.234 e. The lowest BCUT2D eigenvalue weighted by Crippen LogP contribution is -2.22. The minimum atomic E-state index is -0.304. The van der Waals surface area contributed by atoms with Crippen LogP contribution in [0.25, 0.3) is 0 Å². The van der Waals surface area contributed by atoms with E-state index in [-0.39, 0.29) is 23.7 Å². The number of unbranched alkanes of at least 4 members (excludes halogenated alkanes) is 4. The van der Waals surface area contributed by atoms with Gasteiger partial charge in [-0.3, -0.25) is 14.9 Å². The molecule has 0 bridgehead atoms. The van der Waals surface area contributed by atoms with Gasteiger partial charge in [-0.1, -0.05) is 44.4 Å². The average molecular weight is 249 g/mol. The van der Waals surface area contributed by atoms with Crippen molar-refractivity contribution >= 4 is 11.8 Å². The third-order valence-electron chi connectivity index (χ3n) is 3.31. The number of amides is 2. The van der Waals surface area contributed by atoms with Crippen molar-refractivity contribution in [1.29, 1.82) is 0 Å². The van der Waals surface area contributed by atoms with Crippen LogP contribution in [0.4, 0.5) is 0 Å². The van der Waals surface area contributed by atoms with Gasteiger partial charge >= 0.3 is 0 Å². The maximum Gasteiger partial charge on any atom is 0.234 e. The summed E-state index contributed by atoms with van der Waals surface area (Å²) in [5.74, 6) is -0.902. The van der Waals surface area contributed by atoms with E-state index in [9.17, 15) is 9.59 Å². The first-order chi connectivity index (χ1) is 8.70. The van der Waals surface area contributed by atoms with E-state index in [4.69, 9.17) is 0 Å². The minimum Gasteiger partial charge on any atom is -0.296 e. The van der Waals surface area contributed by atoms with Crippen LogP contribution in [0.5, 0.6) is 0 Å². The fourth-order valence-corrected chi connectivity index (χ4v) is 2.23. The normalized spacial score (nSPS) is 23.6. The largest absolute Gasteiger partial charge is 0.296 e. The molecule has 100 valence electrons. The Hall–Kier alpha value is -1.38. The van der Waals surface area contributed by atoms with Crippen LogP contribution in [0.15, 0.2) is 24.8 Å². The third-order valence-corrected chi connectivity index (χ3v) is 3.31. The number of rotatable bonds is 8. The van der Waals surface area contributed by atoms with Gasteiger partial charge in [-0.05, 0) is 19.3 Å². The van der Waals surface area contributed by atoms with Crippen LogP contribution in [-0.4, -0.2) is 11.8 Å². The summed E-state index contributed by atoms with van der Waals surface area (Å²) in [5.41, 5.74) is 0. The molecule has 1 rings (SSSR count). The van der Waals surface area contributed by atoms with Gasteiger partial charge in [-0.15, -0.1) is 6.58 Å². The van der Waals surface area contributed by atoms with Gasteiger partial charge in [0.2, 0.25) is 11.8 Å². The summed E-state index contributed by atoms with van der Waals surface area (Å²) in [6.07, 6.45) is 12.0. The lowest BCUT2D eigenvalue weighted by atomic mass is 9.91. The first-order valence-corrected chi connectivity index (χ1v) is 6.83. The maximum atomic E-state index is 11.6. The second-order valence-electron chi connectivity index (χ2n) is 4.79. The van der Waals surface area contributed by atoms with Crippen molar-refractivity contribution < 1.29 is 9.59 Å². The van der Waals surface area contributed by atoms with E-state index in [1.165, 1.54) is 19.3 Å². The second-order valence-corrected chi connectivity index (χ2v) is 4.79. The Morgan fingerprint density at radius 2 is 2.00 bits per heavy atom. The van der Waals surface area contributed by atoms with Gasteiger partial charge in [0.15, 0.2) is 0 Å². The Morgan fingerprint density at radius 1 is 1.22 bits per heavy atom. The molecule has 2 atom stereocenters. The van der Waals surface area contributed by atoms with Crippen molar-refractivity contribution in [1.82, 2.24) is 5.32 Å². The molecular weight excluding hydrogens is 226 g/mol. The molecule has 0 saturated carbocycles. The molecule has 1 N–H and O–H groups in total. The van der Waals surface area contributed by atoms with Crippen LogP contribution >= 0.6 is 0 Å². The highest BCUT2D eigenvalue weighted by molar-refractivity contribution is 6.05. The van der Waals surface area contributed by atoms with Crippen LogP contribution in [0.1, 0.15) is 45.4 Å². The van der Waals surface area contributed by atoms with E-state index >= 15 is 0 Å². The fourth-order valence-electron chi connectivity index (χ4n) is 2.23. The molecule has 0 aromatic heterocycles. The van der Waals surface area contributed by atoms with Crippen molar-refractivity contribution in [3.63, 3.8) is 0 Å². The first kappa shape index (κ1) is 14.7. The predicted molar refractivity (Wildman–Crippen MR) is 72.8 cm³/mol. The molecule has 0 spiro atoms. The molecule has 0 aromatic carbocycles. The van der Waals surface area contributed by atoms with Crippen LogP contribution in [-0.2, 0) is 9.59 Å². The molecule has 18 heavy (non-hydrogen) atoms. The van der Waals surface area contributed by atoms with Crippen LogP contribution < -0.4 is 5.32 Å². The van der Waals surface area contributed by atoms with Gasteiger partial charge in [0.1, 0.15) is 0 Å². The molecule has 2 amide bonds. The van der Waals surface area contributed by atoms with E-state index in [0.717, 1.165) is 12.8 Å². The summed E-state index contributed by atoms with van der Waals surface area (Å²) < 4.78 is 0. The molecule has 2 unspecified atom stereocenters. The average Bonchev–Trinajstić information content (AvgIpc) is 2.60. The van der Waals surface area contributed by atoms with Crippen molar-refractivity contribution in [2.75, 3.05) is 0 Å². The number of carbonyl (C=O) groups is 2. The van der Waals surface area contributed by atoms with Crippen LogP contribution in [0.3, 0.4) is 0 Å². The second kappa shape index (κ2) is 7.85. The van der Waals surface area contributed by atoms with Gasteiger partial charge in [0, 0.05) is 0 Å². The lowest BCUT2D eigenvalue weighted by molar-refractivity contribution is -0.125. The van der Waals surface area contributed by atoms with E-state index in [1.54, 1.807) is 6.08 Å². The van der Waals surface area contributed by atoms with Crippen LogP contribution in [0, 0.1) is 11.8 Å². The highest BCUT2D eigenvalue weighted by atomic mass is 16.2. The Kier molecular flexibility index (Phi) is 6.40. The zero-order valence-corrected chi connectivity index (χ0v) is 11.2. The third kappa shape index (κ3) is 4.13. The molecular formula is C15H23NO2. The van der Waals surface area contributed by atoms with Crippen molar-refractivity contribution in [3.8, 4) is 0 Å². The van der Waals surface area contributed by atoms with Gasteiger partial charge < -0.3 is 0 Å². The lowest BCUT2D eigenvalue weighted by Gasteiger charge is -2.08. The summed E-state index contributed by atoms with van der Waals surface area (Å²) in [5, 5.41) is 2.39. The summed E-state index contributed by atoms with van der Waals surface area (Å²) in [6, 6.07) is 0. The predicted octanol–water partition coefficient (Wildman–Crippen LogP) is 2.98. The van der Waals surface area contributed by atoms with E-state index in [1.807, 2.05) is 12.2 Å². The quantitative estimate of drug-likeness (QED) is 0.408. The minimum absolute atomic E-state index is 0.166. The van der Waals surface area contributed by atoms with Crippen molar-refractivity contribution in [3.05, 3.63) is 24.8 Å². The number of hydrogen-bond donors (Lipinski definition) is 1. The Balaban J connectivity index is 2.42. The first-order valence-electron chi connectivity index (χ1n) is 6.83. The molecule has 1 saturated heterocycles. The zero-order valence-electron chi connectivity index (χ0n) is 11.2. The standard InChI is InChI=1S/C15H23NO2/c1-3-5-6-7-8-9-11-13-12(10-4-2)14(17)16-15(13)18/h4,9,11-13H,2-3,5-8,10H2,1H3,(H,16,17,18). The van der Waals surface area contributed by atoms with E-state index in [0.29, 0.717) is 6.42 Å². The topological polar surface area (TPSA) is 46.2 Å². The summed E-state index contributed by atoms with van der Waals surface area (Å²) >= 11 is 0. The molecule has 1 aliphatic rings. The molecule has 0 radical (unpaired) electrons. The van der Waals surface area contributed by atoms with Crippen molar-refractivity contribution in [2.45, 2.75) is 45.4 Å². The molecule has 0 aliphatic carbocycles. The Labute approximate surface area is 109 Å². The zero-order chi connectivity index (χ0) is 13.4. The number of imide groups is 1. The number of nitrogens with one attached hydrogen (secondary N) is 1. The summed E-state index contributed by atoms with van der Waals surface area (Å²) in [4.78, 5) is 23.2. The van der Waals surface area contributed by atoms with E-state index in [2.05, 4.69) is 18.8 Å². The highest BCUT2D eigenvalue weighted by Gasteiger charge is 2.38. The van der Waals surface area contributed by atoms with E-state index < -0.39 is 0 Å². The number of hydrogen-bond acceptors (Lipinski definition) is 2. The summed E-state index contributed by atoms with van der Waals surface area (Å²) in [7, 11) is 0. The Morgan fingerprint density at radius 3 is 2.67 bits per heavy atom. The molecule has 1 aliphatic heterocycles. The number of carbonyl (C=O) groups excluding carboxylic acids is 2. The monoisotopic (exact) mass is 249 g/mol. The fraction of sp³-hybridized carbons (Fsp3) is 0.600. The highest BCUT2D eigenvalue weighted by Crippen LogP contribution is 2.24.